The van der Waals surface area contributed by atoms with Crippen molar-refractivity contribution in [2.75, 3.05) is 13.1 Å². The summed E-state index contributed by atoms with van der Waals surface area (Å²) in [6.45, 7) is 11.0. The lowest BCUT2D eigenvalue weighted by Gasteiger charge is -2.38. The van der Waals surface area contributed by atoms with E-state index in [0.717, 1.165) is 17.8 Å². The van der Waals surface area contributed by atoms with Crippen molar-refractivity contribution < 1.29 is 9.59 Å². The third kappa shape index (κ3) is 3.20. The number of aryl methyl sites for hydroxylation is 1. The van der Waals surface area contributed by atoms with E-state index in [1.165, 1.54) is 0 Å². The summed E-state index contributed by atoms with van der Waals surface area (Å²) in [6.07, 6.45) is 0.677. The minimum atomic E-state index is 0. The summed E-state index contributed by atoms with van der Waals surface area (Å²) in [6, 6.07) is 0.413. The number of aromatic amines is 1. The molecular weight excluding hydrogens is 302 g/mol. The number of H-pyrrole nitrogens is 1. The topological polar surface area (TPSA) is 65.2 Å². The molecule has 2 atom stereocenters. The first kappa shape index (κ1) is 18.7. The smallest absolute Gasteiger partial charge is 0.270 e. The van der Waals surface area contributed by atoms with Gasteiger partial charge in [-0.25, -0.2) is 0 Å². The number of piperazine rings is 1. The molecule has 1 aliphatic heterocycles. The number of nitrogens with one attached hydrogen (secondary N) is 2. The molecule has 6 heteroatoms. The second kappa shape index (κ2) is 7.29. The molecule has 2 unspecified atom stereocenters. The third-order valence-electron chi connectivity index (χ3n) is 4.51. The SMILES string of the molecule is CCc1c(C(=O)N2CCNC(C)C2C)[nH]c(C)c1C(C)=O.Cl. The van der Waals surface area contributed by atoms with Crippen molar-refractivity contribution in [1.29, 1.82) is 0 Å². The van der Waals surface area contributed by atoms with Crippen molar-refractivity contribution in [1.82, 2.24) is 15.2 Å². The number of ketones is 1. The number of hydrogen-bond acceptors (Lipinski definition) is 3. The van der Waals surface area contributed by atoms with Crippen molar-refractivity contribution in [2.45, 2.75) is 53.1 Å². The number of amides is 1. The Hall–Kier alpha value is -1.33. The zero-order chi connectivity index (χ0) is 15.7. The van der Waals surface area contributed by atoms with Crippen LogP contribution in [-0.4, -0.2) is 46.7 Å². The Morgan fingerprint density at radius 1 is 1.32 bits per heavy atom. The van der Waals surface area contributed by atoms with Crippen LogP contribution in [-0.2, 0) is 6.42 Å². The summed E-state index contributed by atoms with van der Waals surface area (Å²) in [5.41, 5.74) is 2.90. The van der Waals surface area contributed by atoms with Crippen LogP contribution in [0.1, 0.15) is 59.8 Å². The number of rotatable bonds is 3. The highest BCUT2D eigenvalue weighted by atomic mass is 35.5. The average molecular weight is 328 g/mol. The van der Waals surface area contributed by atoms with E-state index in [0.29, 0.717) is 24.2 Å². The van der Waals surface area contributed by atoms with Gasteiger partial charge in [0.05, 0.1) is 0 Å². The molecule has 5 nitrogen and oxygen atoms in total. The predicted molar refractivity (Wildman–Crippen MR) is 90.1 cm³/mol. The van der Waals surface area contributed by atoms with E-state index < -0.39 is 0 Å². The van der Waals surface area contributed by atoms with Gasteiger partial charge in [-0.2, -0.15) is 0 Å². The lowest BCUT2D eigenvalue weighted by atomic mass is 10.0. The molecule has 0 spiro atoms. The van der Waals surface area contributed by atoms with Crippen LogP contribution in [0.3, 0.4) is 0 Å². The van der Waals surface area contributed by atoms with E-state index >= 15 is 0 Å². The summed E-state index contributed by atoms with van der Waals surface area (Å²) < 4.78 is 0. The van der Waals surface area contributed by atoms with Gasteiger partial charge in [0.1, 0.15) is 5.69 Å². The Morgan fingerprint density at radius 3 is 2.50 bits per heavy atom. The van der Waals surface area contributed by atoms with E-state index in [2.05, 4.69) is 24.1 Å². The summed E-state index contributed by atoms with van der Waals surface area (Å²) in [4.78, 5) is 29.7. The van der Waals surface area contributed by atoms with Gasteiger partial charge in [-0.15, -0.1) is 12.4 Å². The Balaban J connectivity index is 0.00000242. The maximum Gasteiger partial charge on any atom is 0.270 e. The molecule has 1 aromatic rings. The van der Waals surface area contributed by atoms with Gasteiger partial charge < -0.3 is 15.2 Å². The van der Waals surface area contributed by atoms with Gasteiger partial charge in [0.25, 0.3) is 5.91 Å². The standard InChI is InChI=1S/C16H25N3O2.ClH/c1-6-13-14(12(5)20)10(3)18-15(13)16(21)19-8-7-17-9(2)11(19)4;/h9,11,17-18H,6-8H2,1-5H3;1H. The molecule has 1 aliphatic rings. The van der Waals surface area contributed by atoms with E-state index in [4.69, 9.17) is 0 Å². The Kier molecular flexibility index (Phi) is 6.20. The molecule has 22 heavy (non-hydrogen) atoms. The van der Waals surface area contributed by atoms with Crippen LogP contribution in [0, 0.1) is 6.92 Å². The maximum absolute atomic E-state index is 12.9. The van der Waals surface area contributed by atoms with Crippen LogP contribution in [0.4, 0.5) is 0 Å². The predicted octanol–water partition coefficient (Wildman–Crippen LogP) is 2.33. The van der Waals surface area contributed by atoms with Gasteiger partial charge in [0, 0.05) is 36.4 Å². The zero-order valence-electron chi connectivity index (χ0n) is 13.9. The highest BCUT2D eigenvalue weighted by Crippen LogP contribution is 2.23. The molecule has 0 radical (unpaired) electrons. The number of Topliss-reactive ketones (excluding diaryl/α,β-unsaturated/α-hetero) is 1. The van der Waals surface area contributed by atoms with Crippen molar-refractivity contribution in [3.8, 4) is 0 Å². The Bertz CT molecular complexity index is 568. The van der Waals surface area contributed by atoms with Crippen molar-refractivity contribution in [3.63, 3.8) is 0 Å². The number of hydrogen-bond donors (Lipinski definition) is 2. The minimum Gasteiger partial charge on any atom is -0.354 e. The Labute approximate surface area is 138 Å². The second-order valence-electron chi connectivity index (χ2n) is 5.87. The lowest BCUT2D eigenvalue weighted by molar-refractivity contribution is 0.0596. The van der Waals surface area contributed by atoms with Crippen LogP contribution >= 0.6 is 12.4 Å². The third-order valence-corrected chi connectivity index (χ3v) is 4.51. The molecule has 0 saturated carbocycles. The summed E-state index contributed by atoms with van der Waals surface area (Å²) in [5.74, 6) is 0.0182. The number of nitrogens with zero attached hydrogens (tertiary/aromatic N) is 1. The number of carbonyl (C=O) groups excluding carboxylic acids is 2. The second-order valence-corrected chi connectivity index (χ2v) is 5.87. The summed E-state index contributed by atoms with van der Waals surface area (Å²) in [7, 11) is 0. The minimum absolute atomic E-state index is 0. The quantitative estimate of drug-likeness (QED) is 0.837. The molecular formula is C16H26ClN3O2. The van der Waals surface area contributed by atoms with Gasteiger partial charge in [0.2, 0.25) is 0 Å². The molecule has 0 aromatic carbocycles. The lowest BCUT2D eigenvalue weighted by Crippen LogP contribution is -2.57. The van der Waals surface area contributed by atoms with Crippen LogP contribution in [0.25, 0.3) is 0 Å². The van der Waals surface area contributed by atoms with Gasteiger partial charge in [0.15, 0.2) is 5.78 Å². The summed E-state index contributed by atoms with van der Waals surface area (Å²) >= 11 is 0. The molecule has 1 fully saturated rings. The van der Waals surface area contributed by atoms with E-state index in [9.17, 15) is 9.59 Å². The van der Waals surface area contributed by atoms with E-state index in [1.54, 1.807) is 6.92 Å². The summed E-state index contributed by atoms with van der Waals surface area (Å²) in [5, 5.41) is 3.37. The van der Waals surface area contributed by atoms with Gasteiger partial charge in [-0.3, -0.25) is 9.59 Å². The fraction of sp³-hybridized carbons (Fsp3) is 0.625. The molecule has 0 bridgehead atoms. The molecule has 1 saturated heterocycles. The molecule has 2 N–H and O–H groups in total. The van der Waals surface area contributed by atoms with Crippen molar-refractivity contribution in [2.24, 2.45) is 0 Å². The van der Waals surface area contributed by atoms with Crippen LogP contribution in [0.15, 0.2) is 0 Å². The molecule has 1 aromatic heterocycles. The molecule has 124 valence electrons. The first-order valence-corrected chi connectivity index (χ1v) is 7.65. The molecule has 2 heterocycles. The van der Waals surface area contributed by atoms with E-state index in [1.807, 2.05) is 18.7 Å². The number of carbonyl (C=O) groups is 2. The first-order valence-electron chi connectivity index (χ1n) is 7.65. The molecule has 2 rings (SSSR count). The highest BCUT2D eigenvalue weighted by Gasteiger charge is 2.31. The normalized spacial score (nSPS) is 21.4. The van der Waals surface area contributed by atoms with Crippen molar-refractivity contribution >= 4 is 24.1 Å². The van der Waals surface area contributed by atoms with Gasteiger partial charge >= 0.3 is 0 Å². The molecule has 0 aliphatic carbocycles. The van der Waals surface area contributed by atoms with Gasteiger partial charge in [-0.1, -0.05) is 6.92 Å². The van der Waals surface area contributed by atoms with Crippen LogP contribution in [0.5, 0.6) is 0 Å². The van der Waals surface area contributed by atoms with Gasteiger partial charge in [-0.05, 0) is 39.7 Å². The zero-order valence-corrected chi connectivity index (χ0v) is 14.8. The van der Waals surface area contributed by atoms with Crippen LogP contribution < -0.4 is 5.32 Å². The van der Waals surface area contributed by atoms with E-state index in [-0.39, 0.29) is 36.2 Å². The molecule has 1 amide bonds. The monoisotopic (exact) mass is 327 g/mol. The fourth-order valence-electron chi connectivity index (χ4n) is 3.18. The number of halogens is 1. The Morgan fingerprint density at radius 2 is 1.95 bits per heavy atom. The highest BCUT2D eigenvalue weighted by molar-refractivity contribution is 6.02. The van der Waals surface area contributed by atoms with Crippen LogP contribution in [0.2, 0.25) is 0 Å². The number of aromatic nitrogens is 1. The first-order chi connectivity index (χ1) is 9.88. The maximum atomic E-state index is 12.9. The largest absolute Gasteiger partial charge is 0.354 e. The fourth-order valence-corrected chi connectivity index (χ4v) is 3.18. The average Bonchev–Trinajstić information content (AvgIpc) is 2.77. The van der Waals surface area contributed by atoms with Crippen molar-refractivity contribution in [3.05, 3.63) is 22.5 Å².